The maximum atomic E-state index is 13.0. The molecular weight excluding hydrogens is 394 g/mol. The van der Waals surface area contributed by atoms with Gasteiger partial charge in [0.1, 0.15) is 4.21 Å². The summed E-state index contributed by atoms with van der Waals surface area (Å²) in [5.74, 6) is 0.0876. The molecule has 1 atom stereocenters. The molecule has 0 unspecified atom stereocenters. The van der Waals surface area contributed by atoms with Gasteiger partial charge in [-0.1, -0.05) is 12.1 Å². The van der Waals surface area contributed by atoms with Crippen LogP contribution in [-0.2, 0) is 10.0 Å². The number of thiophene rings is 1. The minimum absolute atomic E-state index is 0.0876. The van der Waals surface area contributed by atoms with E-state index < -0.39 is 10.0 Å². The molecule has 28 heavy (non-hydrogen) atoms. The molecule has 1 aromatic carbocycles. The number of benzene rings is 1. The zero-order valence-electron chi connectivity index (χ0n) is 15.7. The number of likely N-dealkylation sites (tertiary alicyclic amines) is 2. The molecule has 0 radical (unpaired) electrons. The lowest BCUT2D eigenvalue weighted by atomic mass is 10.1. The van der Waals surface area contributed by atoms with Crippen molar-refractivity contribution < 1.29 is 13.2 Å². The molecule has 0 spiro atoms. The molecule has 4 rings (SSSR count). The zero-order chi connectivity index (χ0) is 19.7. The quantitative estimate of drug-likeness (QED) is 0.808. The molecule has 0 saturated carbocycles. The van der Waals surface area contributed by atoms with Crippen molar-refractivity contribution in [2.45, 2.75) is 35.9 Å². The van der Waals surface area contributed by atoms with E-state index in [0.717, 1.165) is 60.8 Å². The van der Waals surface area contributed by atoms with E-state index in [0.29, 0.717) is 11.6 Å². The van der Waals surface area contributed by atoms with Gasteiger partial charge in [-0.25, -0.2) is 13.6 Å². The molecular formula is C20H25N3O3S2. The van der Waals surface area contributed by atoms with Crippen LogP contribution in [0.1, 0.15) is 36.0 Å². The number of nitrogens with two attached hydrogens (primary N) is 1. The smallest absolute Gasteiger partial charge is 0.254 e. The SMILES string of the molecule is NS(=O)(=O)c1ccc(-c2ccc(C(=O)N3CCC[C@H]3CN3CCCC3)cc2)s1. The molecule has 150 valence electrons. The predicted molar refractivity (Wildman–Crippen MR) is 111 cm³/mol. The molecule has 2 saturated heterocycles. The first-order valence-corrected chi connectivity index (χ1v) is 12.0. The van der Waals surface area contributed by atoms with E-state index in [2.05, 4.69) is 4.90 Å². The Labute approximate surface area is 170 Å². The summed E-state index contributed by atoms with van der Waals surface area (Å²) in [6, 6.07) is 11.0. The topological polar surface area (TPSA) is 83.7 Å². The average Bonchev–Trinajstić information content (AvgIpc) is 3.43. The van der Waals surface area contributed by atoms with E-state index in [1.54, 1.807) is 6.07 Å². The van der Waals surface area contributed by atoms with E-state index in [1.807, 2.05) is 29.2 Å². The molecule has 1 aromatic heterocycles. The highest BCUT2D eigenvalue weighted by Crippen LogP contribution is 2.31. The van der Waals surface area contributed by atoms with Crippen LogP contribution in [0.5, 0.6) is 0 Å². The minimum Gasteiger partial charge on any atom is -0.334 e. The number of rotatable bonds is 5. The molecule has 3 heterocycles. The first-order valence-electron chi connectivity index (χ1n) is 9.68. The standard InChI is InChI=1S/C20H25N3O3S2/c21-28(25,26)19-10-9-18(27-19)15-5-7-16(8-6-15)20(24)23-13-3-4-17(23)14-22-11-1-2-12-22/h5-10,17H,1-4,11-14H2,(H2,21,25,26)/t17-/m0/s1. The van der Waals surface area contributed by atoms with Gasteiger partial charge >= 0.3 is 0 Å². The Hall–Kier alpha value is -1.74. The van der Waals surface area contributed by atoms with Crippen molar-refractivity contribution in [2.75, 3.05) is 26.2 Å². The van der Waals surface area contributed by atoms with Gasteiger partial charge in [0.2, 0.25) is 10.0 Å². The van der Waals surface area contributed by atoms with Gasteiger partial charge in [-0.3, -0.25) is 4.79 Å². The van der Waals surface area contributed by atoms with Crippen molar-refractivity contribution in [3.63, 3.8) is 0 Å². The number of amides is 1. The lowest BCUT2D eigenvalue weighted by molar-refractivity contribution is 0.0709. The second-order valence-electron chi connectivity index (χ2n) is 7.54. The third-order valence-corrected chi connectivity index (χ3v) is 8.16. The van der Waals surface area contributed by atoms with Crippen LogP contribution in [0.25, 0.3) is 10.4 Å². The predicted octanol–water partition coefficient (Wildman–Crippen LogP) is 2.76. The van der Waals surface area contributed by atoms with Crippen molar-refractivity contribution in [1.82, 2.24) is 9.80 Å². The summed E-state index contributed by atoms with van der Waals surface area (Å²) in [6.45, 7) is 4.10. The Morgan fingerprint density at radius 1 is 1.04 bits per heavy atom. The van der Waals surface area contributed by atoms with Crippen LogP contribution < -0.4 is 5.14 Å². The highest BCUT2D eigenvalue weighted by Gasteiger charge is 2.31. The summed E-state index contributed by atoms with van der Waals surface area (Å²) in [5.41, 5.74) is 1.56. The maximum Gasteiger partial charge on any atom is 0.254 e. The van der Waals surface area contributed by atoms with E-state index in [4.69, 9.17) is 5.14 Å². The van der Waals surface area contributed by atoms with Gasteiger partial charge in [-0.2, -0.15) is 0 Å². The van der Waals surface area contributed by atoms with E-state index in [9.17, 15) is 13.2 Å². The normalized spacial score (nSPS) is 20.8. The Balaban J connectivity index is 1.47. The van der Waals surface area contributed by atoms with Crippen LogP contribution in [-0.4, -0.2) is 56.3 Å². The number of primary sulfonamides is 1. The van der Waals surface area contributed by atoms with Gasteiger partial charge in [-0.05, 0) is 68.6 Å². The number of hydrogen-bond donors (Lipinski definition) is 1. The summed E-state index contributed by atoms with van der Waals surface area (Å²) in [5, 5.41) is 5.18. The molecule has 8 heteroatoms. The fraction of sp³-hybridized carbons (Fsp3) is 0.450. The first-order chi connectivity index (χ1) is 13.4. The van der Waals surface area contributed by atoms with Gasteiger partial charge in [-0.15, -0.1) is 11.3 Å². The van der Waals surface area contributed by atoms with Crippen molar-refractivity contribution >= 4 is 27.3 Å². The molecule has 2 aromatic rings. The van der Waals surface area contributed by atoms with Crippen LogP contribution >= 0.6 is 11.3 Å². The van der Waals surface area contributed by atoms with Gasteiger partial charge in [0.05, 0.1) is 0 Å². The highest BCUT2D eigenvalue weighted by atomic mass is 32.2. The molecule has 1 amide bonds. The lowest BCUT2D eigenvalue weighted by Gasteiger charge is -2.28. The summed E-state index contributed by atoms with van der Waals surface area (Å²) in [6.07, 6.45) is 4.66. The van der Waals surface area contributed by atoms with Gasteiger partial charge < -0.3 is 9.80 Å². The molecule has 2 aliphatic rings. The van der Waals surface area contributed by atoms with Crippen molar-refractivity contribution in [3.8, 4) is 10.4 Å². The third kappa shape index (κ3) is 4.15. The van der Waals surface area contributed by atoms with Crippen LogP contribution in [0.4, 0.5) is 0 Å². The van der Waals surface area contributed by atoms with Gasteiger partial charge in [0.15, 0.2) is 0 Å². The number of carbonyl (C=O) groups excluding carboxylic acids is 1. The Kier molecular flexibility index (Phi) is 5.55. The van der Waals surface area contributed by atoms with E-state index >= 15 is 0 Å². The van der Waals surface area contributed by atoms with Crippen molar-refractivity contribution in [3.05, 3.63) is 42.0 Å². The lowest BCUT2D eigenvalue weighted by Crippen LogP contribution is -2.42. The maximum absolute atomic E-state index is 13.0. The largest absolute Gasteiger partial charge is 0.334 e. The molecule has 0 aliphatic carbocycles. The third-order valence-electron chi connectivity index (χ3n) is 5.58. The van der Waals surface area contributed by atoms with Crippen LogP contribution in [0.3, 0.4) is 0 Å². The fourth-order valence-corrected chi connectivity index (χ4v) is 5.86. The van der Waals surface area contributed by atoms with E-state index in [-0.39, 0.29) is 10.1 Å². The number of sulfonamides is 1. The van der Waals surface area contributed by atoms with Crippen LogP contribution in [0.15, 0.2) is 40.6 Å². The minimum atomic E-state index is -3.69. The zero-order valence-corrected chi connectivity index (χ0v) is 17.3. The monoisotopic (exact) mass is 419 g/mol. The van der Waals surface area contributed by atoms with Crippen LogP contribution in [0.2, 0.25) is 0 Å². The molecule has 2 aliphatic heterocycles. The Bertz CT molecular complexity index is 947. The van der Waals surface area contributed by atoms with E-state index in [1.165, 1.54) is 18.9 Å². The molecule has 2 fully saturated rings. The number of carbonyl (C=O) groups is 1. The van der Waals surface area contributed by atoms with Crippen molar-refractivity contribution in [2.24, 2.45) is 5.14 Å². The summed E-state index contributed by atoms with van der Waals surface area (Å²) in [7, 11) is -3.69. The second kappa shape index (κ2) is 7.94. The Morgan fingerprint density at radius 3 is 2.39 bits per heavy atom. The van der Waals surface area contributed by atoms with Gasteiger partial charge in [0, 0.05) is 29.6 Å². The Morgan fingerprint density at radius 2 is 1.75 bits per heavy atom. The fourth-order valence-electron chi connectivity index (χ4n) is 4.13. The number of hydrogen-bond acceptors (Lipinski definition) is 5. The summed E-state index contributed by atoms with van der Waals surface area (Å²) in [4.78, 5) is 18.3. The van der Waals surface area contributed by atoms with Crippen molar-refractivity contribution in [1.29, 1.82) is 0 Å². The first kappa shape index (κ1) is 19.6. The number of nitrogens with zero attached hydrogens (tertiary/aromatic N) is 2. The van der Waals surface area contributed by atoms with Gasteiger partial charge in [0.25, 0.3) is 5.91 Å². The van der Waals surface area contributed by atoms with Crippen LogP contribution in [0, 0.1) is 0 Å². The summed E-state index contributed by atoms with van der Waals surface area (Å²) < 4.78 is 23.1. The second-order valence-corrected chi connectivity index (χ2v) is 10.4. The average molecular weight is 420 g/mol. The highest BCUT2D eigenvalue weighted by molar-refractivity contribution is 7.91. The molecule has 2 N–H and O–H groups in total. The molecule has 0 bridgehead atoms. The molecule has 6 nitrogen and oxygen atoms in total. The summed E-state index contributed by atoms with van der Waals surface area (Å²) >= 11 is 1.14.